The van der Waals surface area contributed by atoms with Crippen molar-refractivity contribution in [2.75, 3.05) is 13.1 Å². The highest BCUT2D eigenvalue weighted by Gasteiger charge is 2.24. The van der Waals surface area contributed by atoms with Crippen LogP contribution in [0.5, 0.6) is 0 Å². The Bertz CT molecular complexity index is 1470. The second-order valence-corrected chi connectivity index (χ2v) is 9.96. The van der Waals surface area contributed by atoms with Crippen molar-refractivity contribution in [1.82, 2.24) is 13.9 Å². The summed E-state index contributed by atoms with van der Waals surface area (Å²) in [7, 11) is 0. The Morgan fingerprint density at radius 3 is 2.58 bits per heavy atom. The van der Waals surface area contributed by atoms with Crippen LogP contribution in [0.4, 0.5) is 0 Å². The first-order valence-electron chi connectivity index (χ1n) is 9.86. The van der Waals surface area contributed by atoms with E-state index in [-0.39, 0.29) is 18.0 Å². The number of carbonyl (C=O) groups excluding carboxylic acids is 1. The SMILES string of the molecule is O=C(Cn1c(=O)c2ccccc2n2c(=S)sc(-c3ccc(Cl)cc3Cl)c12)N1CCCC1. The molecule has 0 saturated carbocycles. The van der Waals surface area contributed by atoms with Gasteiger partial charge in [-0.15, -0.1) is 11.3 Å². The third-order valence-corrected chi connectivity index (χ3v) is 7.54. The Morgan fingerprint density at radius 1 is 1.10 bits per heavy atom. The van der Waals surface area contributed by atoms with Crippen molar-refractivity contribution in [2.24, 2.45) is 0 Å². The van der Waals surface area contributed by atoms with E-state index >= 15 is 0 Å². The first-order valence-corrected chi connectivity index (χ1v) is 11.8. The molecule has 1 aliphatic heterocycles. The molecule has 3 heterocycles. The predicted molar refractivity (Wildman–Crippen MR) is 129 cm³/mol. The maximum absolute atomic E-state index is 13.5. The molecule has 5 rings (SSSR count). The number of para-hydroxylation sites is 1. The summed E-state index contributed by atoms with van der Waals surface area (Å²) in [5, 5.41) is 1.50. The molecular formula is C22H17Cl2N3O2S2. The molecule has 1 fully saturated rings. The van der Waals surface area contributed by atoms with Gasteiger partial charge in [0, 0.05) is 23.7 Å². The number of thiazole rings is 1. The summed E-state index contributed by atoms with van der Waals surface area (Å²) in [6, 6.07) is 12.5. The molecule has 9 heteroatoms. The molecule has 2 aromatic heterocycles. The van der Waals surface area contributed by atoms with Gasteiger partial charge in [0.25, 0.3) is 5.56 Å². The van der Waals surface area contributed by atoms with Gasteiger partial charge in [0.2, 0.25) is 5.91 Å². The van der Waals surface area contributed by atoms with E-state index in [9.17, 15) is 9.59 Å². The molecule has 0 unspecified atom stereocenters. The lowest BCUT2D eigenvalue weighted by Crippen LogP contribution is -2.35. The lowest BCUT2D eigenvalue weighted by molar-refractivity contribution is -0.130. The second kappa shape index (κ2) is 8.06. The monoisotopic (exact) mass is 489 g/mol. The molecule has 1 saturated heterocycles. The highest BCUT2D eigenvalue weighted by Crippen LogP contribution is 2.38. The van der Waals surface area contributed by atoms with Gasteiger partial charge in [-0.05, 0) is 49.3 Å². The molecule has 1 aliphatic rings. The van der Waals surface area contributed by atoms with Crippen molar-refractivity contribution in [3.05, 3.63) is 66.8 Å². The Balaban J connectivity index is 1.84. The zero-order valence-corrected chi connectivity index (χ0v) is 19.5. The standard InChI is InChI=1S/C22H17Cl2N3O2S2/c23-13-7-8-14(16(24)11-13)19-20-26(12-18(28)25-9-3-4-10-25)21(29)15-5-1-2-6-17(15)27(20)22(30)31-19/h1-2,5-8,11H,3-4,9-10,12H2. The van der Waals surface area contributed by atoms with Crippen LogP contribution >= 0.6 is 46.8 Å². The molecule has 0 radical (unpaired) electrons. The third-order valence-electron chi connectivity index (χ3n) is 5.59. The number of rotatable bonds is 3. The summed E-state index contributed by atoms with van der Waals surface area (Å²) in [6.45, 7) is 1.41. The van der Waals surface area contributed by atoms with Gasteiger partial charge >= 0.3 is 0 Å². The van der Waals surface area contributed by atoms with Crippen LogP contribution in [0.25, 0.3) is 27.0 Å². The fraction of sp³-hybridized carbons (Fsp3) is 0.227. The summed E-state index contributed by atoms with van der Waals surface area (Å²) in [6.07, 6.45) is 1.98. The highest BCUT2D eigenvalue weighted by molar-refractivity contribution is 7.73. The van der Waals surface area contributed by atoms with Crippen molar-refractivity contribution in [3.8, 4) is 10.4 Å². The van der Waals surface area contributed by atoms with E-state index in [0.29, 0.717) is 30.5 Å². The smallest absolute Gasteiger partial charge is 0.262 e. The quantitative estimate of drug-likeness (QED) is 0.349. The van der Waals surface area contributed by atoms with Crippen LogP contribution in [0, 0.1) is 3.95 Å². The van der Waals surface area contributed by atoms with Gasteiger partial charge in [0.15, 0.2) is 3.95 Å². The van der Waals surface area contributed by atoms with Crippen molar-refractivity contribution >= 4 is 69.2 Å². The number of nitrogens with zero attached hydrogens (tertiary/aromatic N) is 3. The normalized spacial score (nSPS) is 14.1. The maximum atomic E-state index is 13.5. The number of amides is 1. The topological polar surface area (TPSA) is 46.7 Å². The zero-order chi connectivity index (χ0) is 21.7. The lowest BCUT2D eigenvalue weighted by atomic mass is 10.2. The van der Waals surface area contributed by atoms with Crippen LogP contribution in [-0.2, 0) is 11.3 Å². The molecule has 5 nitrogen and oxygen atoms in total. The number of halogens is 2. The highest BCUT2D eigenvalue weighted by atomic mass is 35.5. The van der Waals surface area contributed by atoms with Crippen molar-refractivity contribution in [2.45, 2.75) is 19.4 Å². The number of likely N-dealkylation sites (tertiary alicyclic amines) is 1. The lowest BCUT2D eigenvalue weighted by Gasteiger charge is -2.18. The number of fused-ring (bicyclic) bond motifs is 3. The van der Waals surface area contributed by atoms with Gasteiger partial charge in [-0.3, -0.25) is 18.6 Å². The van der Waals surface area contributed by atoms with E-state index in [0.717, 1.165) is 36.4 Å². The van der Waals surface area contributed by atoms with E-state index in [1.165, 1.54) is 15.9 Å². The molecule has 158 valence electrons. The number of hydrogen-bond acceptors (Lipinski definition) is 4. The fourth-order valence-electron chi connectivity index (χ4n) is 4.11. The van der Waals surface area contributed by atoms with Gasteiger partial charge in [0.05, 0.1) is 20.8 Å². The van der Waals surface area contributed by atoms with E-state index in [4.69, 9.17) is 35.4 Å². The summed E-state index contributed by atoms with van der Waals surface area (Å²) in [5.41, 5.74) is 1.80. The van der Waals surface area contributed by atoms with Crippen LogP contribution in [0.2, 0.25) is 10.0 Å². The number of carbonyl (C=O) groups is 1. The molecule has 0 atom stereocenters. The minimum Gasteiger partial charge on any atom is -0.341 e. The summed E-state index contributed by atoms with van der Waals surface area (Å²) in [4.78, 5) is 29.1. The van der Waals surface area contributed by atoms with Gasteiger partial charge in [-0.2, -0.15) is 0 Å². The summed E-state index contributed by atoms with van der Waals surface area (Å²) < 4.78 is 3.98. The molecular weight excluding hydrogens is 473 g/mol. The Kier molecular flexibility index (Phi) is 5.38. The molecule has 0 aliphatic carbocycles. The van der Waals surface area contributed by atoms with Gasteiger partial charge < -0.3 is 4.90 Å². The van der Waals surface area contributed by atoms with Crippen LogP contribution in [0.1, 0.15) is 12.8 Å². The van der Waals surface area contributed by atoms with Crippen molar-refractivity contribution in [1.29, 1.82) is 0 Å². The van der Waals surface area contributed by atoms with E-state index < -0.39 is 0 Å². The van der Waals surface area contributed by atoms with Crippen LogP contribution in [0.15, 0.2) is 47.3 Å². The summed E-state index contributed by atoms with van der Waals surface area (Å²) in [5.74, 6) is -0.0675. The molecule has 0 spiro atoms. The first-order chi connectivity index (χ1) is 15.0. The number of benzene rings is 2. The van der Waals surface area contributed by atoms with Crippen LogP contribution in [0.3, 0.4) is 0 Å². The molecule has 0 bridgehead atoms. The van der Waals surface area contributed by atoms with Gasteiger partial charge in [-0.1, -0.05) is 41.4 Å². The van der Waals surface area contributed by atoms with E-state index in [2.05, 4.69) is 0 Å². The third kappa shape index (κ3) is 3.49. The first kappa shape index (κ1) is 20.7. The average Bonchev–Trinajstić information content (AvgIpc) is 3.40. The Morgan fingerprint density at radius 2 is 1.84 bits per heavy atom. The van der Waals surface area contributed by atoms with Crippen molar-refractivity contribution < 1.29 is 4.79 Å². The van der Waals surface area contributed by atoms with Gasteiger partial charge in [0.1, 0.15) is 12.2 Å². The largest absolute Gasteiger partial charge is 0.341 e. The minimum atomic E-state index is -0.220. The second-order valence-electron chi connectivity index (χ2n) is 7.48. The Hall–Kier alpha value is -2.19. The van der Waals surface area contributed by atoms with Crippen molar-refractivity contribution in [3.63, 3.8) is 0 Å². The average molecular weight is 490 g/mol. The molecule has 2 aromatic carbocycles. The number of hydrogen-bond donors (Lipinski definition) is 0. The molecule has 0 N–H and O–H groups in total. The minimum absolute atomic E-state index is 0.0448. The summed E-state index contributed by atoms with van der Waals surface area (Å²) >= 11 is 19.7. The van der Waals surface area contributed by atoms with Crippen LogP contribution < -0.4 is 5.56 Å². The number of aromatic nitrogens is 2. The van der Waals surface area contributed by atoms with E-state index in [1.807, 2.05) is 33.6 Å². The molecule has 1 amide bonds. The Labute approximate surface area is 197 Å². The predicted octanol–water partition coefficient (Wildman–Crippen LogP) is 5.64. The van der Waals surface area contributed by atoms with Crippen LogP contribution in [-0.4, -0.2) is 32.9 Å². The van der Waals surface area contributed by atoms with Gasteiger partial charge in [-0.25, -0.2) is 0 Å². The maximum Gasteiger partial charge on any atom is 0.262 e. The zero-order valence-electron chi connectivity index (χ0n) is 16.3. The fourth-order valence-corrected chi connectivity index (χ4v) is 6.14. The van der Waals surface area contributed by atoms with E-state index in [1.54, 1.807) is 18.2 Å². The molecule has 4 aromatic rings. The molecule has 31 heavy (non-hydrogen) atoms.